The molecule has 0 saturated heterocycles. The lowest BCUT2D eigenvalue weighted by Gasteiger charge is -2.13. The minimum Gasteiger partial charge on any atom is -0.324 e. The maximum Gasteiger partial charge on any atom is 0.322 e. The quantitative estimate of drug-likeness (QED) is 0.299. The standard InChI is InChI=1S/C20H16BN5O2S/c1-11-8-15(21)9-12(2)18(11)29-19-17(26(27)28)13(3)23-20(25-19)24-16-6-4-14(10-22)5-7-16/h4-9H,1-3H3,(H,23,24,25). The van der Waals surface area contributed by atoms with Crippen LogP contribution in [0.2, 0.25) is 0 Å². The number of nitrogens with zero attached hydrogens (tertiary/aromatic N) is 4. The summed E-state index contributed by atoms with van der Waals surface area (Å²) in [7, 11) is 5.88. The SMILES string of the molecule is [B]c1cc(C)c(Sc2nc(Nc3ccc(C#N)cc3)nc(C)c2[N+](=O)[O-])c(C)c1. The second kappa shape index (κ2) is 8.33. The fraction of sp³-hybridized carbons (Fsp3) is 0.150. The molecule has 9 heteroatoms. The van der Waals surface area contributed by atoms with Gasteiger partial charge in [0.05, 0.1) is 16.6 Å². The molecule has 0 bridgehead atoms. The van der Waals surface area contributed by atoms with Crippen LogP contribution >= 0.6 is 11.8 Å². The number of rotatable bonds is 5. The minimum atomic E-state index is -0.467. The molecule has 3 aromatic rings. The Kier molecular flexibility index (Phi) is 5.85. The van der Waals surface area contributed by atoms with Crippen molar-refractivity contribution < 1.29 is 4.92 Å². The van der Waals surface area contributed by atoms with E-state index in [9.17, 15) is 10.1 Å². The topological polar surface area (TPSA) is 105 Å². The van der Waals surface area contributed by atoms with Crippen LogP contribution in [0.25, 0.3) is 0 Å². The first kappa shape index (κ1) is 20.4. The third-order valence-electron chi connectivity index (χ3n) is 4.16. The molecule has 0 unspecified atom stereocenters. The maximum atomic E-state index is 11.6. The van der Waals surface area contributed by atoms with E-state index in [0.717, 1.165) is 16.0 Å². The fourth-order valence-corrected chi connectivity index (χ4v) is 3.96. The highest BCUT2D eigenvalue weighted by Crippen LogP contribution is 2.38. The van der Waals surface area contributed by atoms with Gasteiger partial charge in [-0.1, -0.05) is 29.4 Å². The van der Waals surface area contributed by atoms with E-state index >= 15 is 0 Å². The molecule has 2 radical (unpaired) electrons. The Morgan fingerprint density at radius 2 is 1.76 bits per heavy atom. The Morgan fingerprint density at radius 3 is 2.31 bits per heavy atom. The largest absolute Gasteiger partial charge is 0.324 e. The number of hydrogen-bond donors (Lipinski definition) is 1. The average Bonchev–Trinajstić information content (AvgIpc) is 2.64. The monoisotopic (exact) mass is 401 g/mol. The summed E-state index contributed by atoms with van der Waals surface area (Å²) >= 11 is 1.22. The van der Waals surface area contributed by atoms with Gasteiger partial charge in [0.2, 0.25) is 5.95 Å². The zero-order valence-electron chi connectivity index (χ0n) is 16.1. The molecule has 0 aliphatic carbocycles. The zero-order chi connectivity index (χ0) is 21.1. The van der Waals surface area contributed by atoms with E-state index in [1.807, 2.05) is 26.0 Å². The number of nitriles is 1. The van der Waals surface area contributed by atoms with Crippen LogP contribution < -0.4 is 10.8 Å². The van der Waals surface area contributed by atoms with Gasteiger partial charge in [0.1, 0.15) is 13.5 Å². The van der Waals surface area contributed by atoms with Crippen molar-refractivity contribution in [3.8, 4) is 6.07 Å². The van der Waals surface area contributed by atoms with Crippen LogP contribution in [0.5, 0.6) is 0 Å². The summed E-state index contributed by atoms with van der Waals surface area (Å²) < 4.78 is 0. The van der Waals surface area contributed by atoms with Gasteiger partial charge in [-0.25, -0.2) is 4.98 Å². The molecule has 0 saturated carbocycles. The first-order valence-electron chi connectivity index (χ1n) is 8.63. The molecule has 1 aromatic heterocycles. The molecular weight excluding hydrogens is 385 g/mol. The van der Waals surface area contributed by atoms with Gasteiger partial charge in [0.15, 0.2) is 5.03 Å². The highest BCUT2D eigenvalue weighted by molar-refractivity contribution is 7.99. The first-order valence-corrected chi connectivity index (χ1v) is 9.45. The number of aryl methyl sites for hydroxylation is 3. The molecule has 2 aromatic carbocycles. The van der Waals surface area contributed by atoms with Gasteiger partial charge in [0.25, 0.3) is 0 Å². The van der Waals surface area contributed by atoms with Gasteiger partial charge >= 0.3 is 5.69 Å². The molecule has 0 aliphatic rings. The predicted octanol–water partition coefficient (Wildman–Crippen LogP) is 3.87. The predicted molar refractivity (Wildman–Crippen MR) is 113 cm³/mol. The van der Waals surface area contributed by atoms with Crippen LogP contribution in [0.3, 0.4) is 0 Å². The number of benzene rings is 2. The van der Waals surface area contributed by atoms with E-state index < -0.39 is 4.92 Å². The molecule has 142 valence electrons. The van der Waals surface area contributed by atoms with Crippen LogP contribution in [0.15, 0.2) is 46.3 Å². The van der Waals surface area contributed by atoms with Crippen molar-refractivity contribution in [2.24, 2.45) is 0 Å². The number of nitrogens with one attached hydrogen (secondary N) is 1. The lowest BCUT2D eigenvalue weighted by Crippen LogP contribution is -2.07. The van der Waals surface area contributed by atoms with Gasteiger partial charge in [-0.05, 0) is 56.2 Å². The molecule has 1 N–H and O–H groups in total. The molecule has 0 aliphatic heterocycles. The fourth-order valence-electron chi connectivity index (χ4n) is 2.88. The Labute approximate surface area is 173 Å². The van der Waals surface area contributed by atoms with Crippen molar-refractivity contribution in [3.63, 3.8) is 0 Å². The van der Waals surface area contributed by atoms with E-state index in [2.05, 4.69) is 21.4 Å². The molecule has 29 heavy (non-hydrogen) atoms. The van der Waals surface area contributed by atoms with E-state index in [0.29, 0.717) is 16.7 Å². The molecule has 1 heterocycles. The number of hydrogen-bond acceptors (Lipinski definition) is 7. The van der Waals surface area contributed by atoms with Crippen molar-refractivity contribution in [2.45, 2.75) is 30.7 Å². The van der Waals surface area contributed by atoms with E-state index in [-0.39, 0.29) is 22.4 Å². The summed E-state index contributed by atoms with van der Waals surface area (Å²) in [6, 6.07) is 12.5. The smallest absolute Gasteiger partial charge is 0.322 e. The number of nitro groups is 1. The lowest BCUT2D eigenvalue weighted by molar-refractivity contribution is -0.389. The van der Waals surface area contributed by atoms with E-state index in [1.165, 1.54) is 11.8 Å². The summed E-state index contributed by atoms with van der Waals surface area (Å²) in [6.07, 6.45) is 0. The lowest BCUT2D eigenvalue weighted by atomic mass is 9.93. The highest BCUT2D eigenvalue weighted by atomic mass is 32.2. The molecule has 0 atom stereocenters. The van der Waals surface area contributed by atoms with Gasteiger partial charge in [0, 0.05) is 10.6 Å². The molecule has 0 fully saturated rings. The Morgan fingerprint density at radius 1 is 1.14 bits per heavy atom. The first-order chi connectivity index (χ1) is 13.8. The molecule has 3 rings (SSSR count). The molecular formula is C20H16BN5O2S. The normalized spacial score (nSPS) is 10.4. The van der Waals surface area contributed by atoms with Crippen molar-refractivity contribution >= 4 is 42.4 Å². The van der Waals surface area contributed by atoms with Crippen molar-refractivity contribution in [3.05, 3.63) is 68.9 Å². The van der Waals surface area contributed by atoms with E-state index in [4.69, 9.17) is 13.1 Å². The van der Waals surface area contributed by atoms with Crippen molar-refractivity contribution in [2.75, 3.05) is 5.32 Å². The Hall–Kier alpha value is -3.38. The summed E-state index contributed by atoms with van der Waals surface area (Å²) in [4.78, 5) is 20.7. The van der Waals surface area contributed by atoms with Crippen LogP contribution in [-0.2, 0) is 0 Å². The Bertz CT molecular complexity index is 1120. The van der Waals surface area contributed by atoms with Crippen LogP contribution in [0.1, 0.15) is 22.4 Å². The van der Waals surface area contributed by atoms with Gasteiger partial charge < -0.3 is 5.32 Å². The van der Waals surface area contributed by atoms with Crippen LogP contribution in [0.4, 0.5) is 17.3 Å². The highest BCUT2D eigenvalue weighted by Gasteiger charge is 2.24. The number of aromatic nitrogens is 2. The minimum absolute atomic E-state index is 0.129. The van der Waals surface area contributed by atoms with Gasteiger partial charge in [-0.15, -0.1) is 0 Å². The Balaban J connectivity index is 2.03. The summed E-state index contributed by atoms with van der Waals surface area (Å²) in [5, 5.41) is 23.8. The average molecular weight is 401 g/mol. The number of anilines is 2. The van der Waals surface area contributed by atoms with Crippen LogP contribution in [-0.4, -0.2) is 22.7 Å². The second-order valence-corrected chi connectivity index (χ2v) is 7.44. The summed E-state index contributed by atoms with van der Waals surface area (Å²) in [5.74, 6) is 0.242. The third kappa shape index (κ3) is 4.55. The molecule has 7 nitrogen and oxygen atoms in total. The molecule has 0 spiro atoms. The van der Waals surface area contributed by atoms with Crippen LogP contribution in [0, 0.1) is 42.2 Å². The molecule has 0 amide bonds. The van der Waals surface area contributed by atoms with Crippen molar-refractivity contribution in [1.29, 1.82) is 5.26 Å². The van der Waals surface area contributed by atoms with E-state index in [1.54, 1.807) is 31.2 Å². The van der Waals surface area contributed by atoms with Crippen molar-refractivity contribution in [1.82, 2.24) is 9.97 Å². The third-order valence-corrected chi connectivity index (χ3v) is 5.49. The van der Waals surface area contributed by atoms with Gasteiger partial charge in [-0.2, -0.15) is 10.2 Å². The summed E-state index contributed by atoms with van der Waals surface area (Å²) in [6.45, 7) is 5.39. The second-order valence-electron chi connectivity index (χ2n) is 6.44. The maximum absolute atomic E-state index is 11.6. The summed E-state index contributed by atoms with van der Waals surface area (Å²) in [5.41, 5.74) is 3.81. The zero-order valence-corrected chi connectivity index (χ0v) is 16.9. The van der Waals surface area contributed by atoms with Gasteiger partial charge in [-0.3, -0.25) is 10.1 Å².